The Kier molecular flexibility index (Phi) is 1.65. The van der Waals surface area contributed by atoms with Crippen molar-refractivity contribution < 1.29 is 9.53 Å². The topological polar surface area (TPSA) is 39.2 Å². The van der Waals surface area contributed by atoms with E-state index in [1.54, 1.807) is 6.20 Å². The number of aromatic nitrogens is 1. The van der Waals surface area contributed by atoms with Gasteiger partial charge in [-0.2, -0.15) is 0 Å². The molecule has 2 heterocycles. The van der Waals surface area contributed by atoms with Crippen molar-refractivity contribution in [3.05, 3.63) is 16.6 Å². The van der Waals surface area contributed by atoms with Crippen molar-refractivity contribution in [3.8, 4) is 0 Å². The lowest BCUT2D eigenvalue weighted by Crippen LogP contribution is -2.20. The van der Waals surface area contributed by atoms with Gasteiger partial charge < -0.3 is 4.74 Å². The monoisotopic (exact) mass is 183 g/mol. The van der Waals surface area contributed by atoms with Crippen molar-refractivity contribution in [1.29, 1.82) is 0 Å². The number of nitrogens with zero attached hydrogens (tertiary/aromatic N) is 1. The van der Waals surface area contributed by atoms with Crippen molar-refractivity contribution in [3.63, 3.8) is 0 Å². The third-order valence-electron chi connectivity index (χ3n) is 2.03. The van der Waals surface area contributed by atoms with Crippen molar-refractivity contribution in [2.75, 3.05) is 0 Å². The van der Waals surface area contributed by atoms with Gasteiger partial charge in [-0.25, -0.2) is 4.98 Å². The molecule has 1 saturated heterocycles. The molecule has 0 aromatic carbocycles. The van der Waals surface area contributed by atoms with Gasteiger partial charge in [-0.15, -0.1) is 11.3 Å². The molecule has 4 heteroatoms. The molecule has 1 unspecified atom stereocenters. The zero-order valence-electron chi connectivity index (χ0n) is 6.74. The Balaban J connectivity index is 2.28. The standard InChI is InChI=1S/C8H9NO2S/c1-8(3-2-6(10)11-8)7-9-4-5-12-7/h4-5H,2-3H2,1H3. The summed E-state index contributed by atoms with van der Waals surface area (Å²) in [4.78, 5) is 15.1. The van der Waals surface area contributed by atoms with Gasteiger partial charge in [0, 0.05) is 24.4 Å². The first-order valence-electron chi connectivity index (χ1n) is 3.82. The lowest BCUT2D eigenvalue weighted by Gasteiger charge is -2.18. The molecule has 1 atom stereocenters. The molecule has 1 aliphatic rings. The summed E-state index contributed by atoms with van der Waals surface area (Å²) in [7, 11) is 0. The summed E-state index contributed by atoms with van der Waals surface area (Å²) in [5.74, 6) is -0.118. The third kappa shape index (κ3) is 1.12. The molecule has 0 spiro atoms. The minimum absolute atomic E-state index is 0.118. The highest BCUT2D eigenvalue weighted by Gasteiger charge is 2.39. The van der Waals surface area contributed by atoms with Crippen LogP contribution in [-0.4, -0.2) is 11.0 Å². The van der Waals surface area contributed by atoms with Crippen LogP contribution in [-0.2, 0) is 15.1 Å². The number of thiazole rings is 1. The van der Waals surface area contributed by atoms with E-state index in [4.69, 9.17) is 4.74 Å². The van der Waals surface area contributed by atoms with Crippen LogP contribution in [0.5, 0.6) is 0 Å². The molecule has 2 rings (SSSR count). The first kappa shape index (κ1) is 7.73. The number of hydrogen-bond donors (Lipinski definition) is 0. The number of esters is 1. The molecule has 0 bridgehead atoms. The summed E-state index contributed by atoms with van der Waals surface area (Å²) in [5, 5.41) is 2.79. The van der Waals surface area contributed by atoms with Crippen LogP contribution in [0.1, 0.15) is 24.8 Å². The van der Waals surface area contributed by atoms with Crippen molar-refractivity contribution in [2.24, 2.45) is 0 Å². The normalized spacial score (nSPS) is 28.9. The fourth-order valence-corrected chi connectivity index (χ4v) is 2.09. The number of hydrogen-bond acceptors (Lipinski definition) is 4. The van der Waals surface area contributed by atoms with E-state index in [2.05, 4.69) is 4.98 Å². The second-order valence-electron chi connectivity index (χ2n) is 3.04. The molecular formula is C8H9NO2S. The maximum Gasteiger partial charge on any atom is 0.306 e. The SMILES string of the molecule is CC1(c2nccs2)CCC(=O)O1. The van der Waals surface area contributed by atoms with Crippen LogP contribution >= 0.6 is 11.3 Å². The fraction of sp³-hybridized carbons (Fsp3) is 0.500. The van der Waals surface area contributed by atoms with Gasteiger partial charge in [0.1, 0.15) is 5.01 Å². The fourth-order valence-electron chi connectivity index (χ4n) is 1.33. The van der Waals surface area contributed by atoms with Crippen LogP contribution in [0.4, 0.5) is 0 Å². The van der Waals surface area contributed by atoms with Gasteiger partial charge >= 0.3 is 5.97 Å². The van der Waals surface area contributed by atoms with Gasteiger partial charge in [0.05, 0.1) is 0 Å². The molecule has 64 valence electrons. The molecule has 1 aliphatic heterocycles. The first-order chi connectivity index (χ1) is 5.71. The Morgan fingerprint density at radius 2 is 2.58 bits per heavy atom. The number of rotatable bonds is 1. The van der Waals surface area contributed by atoms with Gasteiger partial charge in [-0.05, 0) is 6.92 Å². The maximum atomic E-state index is 10.9. The predicted octanol–water partition coefficient (Wildman–Crippen LogP) is 1.70. The average molecular weight is 183 g/mol. The Morgan fingerprint density at radius 1 is 1.75 bits per heavy atom. The third-order valence-corrected chi connectivity index (χ3v) is 3.05. The molecular weight excluding hydrogens is 174 g/mol. The molecule has 0 amide bonds. The molecule has 3 nitrogen and oxygen atoms in total. The number of carbonyl (C=O) groups is 1. The van der Waals surface area contributed by atoms with E-state index in [1.807, 2.05) is 12.3 Å². The second-order valence-corrected chi connectivity index (χ2v) is 3.94. The van der Waals surface area contributed by atoms with Crippen molar-refractivity contribution in [2.45, 2.75) is 25.4 Å². The summed E-state index contributed by atoms with van der Waals surface area (Å²) >= 11 is 1.53. The van der Waals surface area contributed by atoms with Gasteiger partial charge in [-0.1, -0.05) is 0 Å². The van der Waals surface area contributed by atoms with Crippen molar-refractivity contribution in [1.82, 2.24) is 4.98 Å². The summed E-state index contributed by atoms with van der Waals surface area (Å²) in [6, 6.07) is 0. The smallest absolute Gasteiger partial charge is 0.306 e. The van der Waals surface area contributed by atoms with Crippen LogP contribution in [0.25, 0.3) is 0 Å². The number of cyclic esters (lactones) is 1. The summed E-state index contributed by atoms with van der Waals surface area (Å²) in [5.41, 5.74) is -0.453. The molecule has 0 aliphatic carbocycles. The zero-order valence-corrected chi connectivity index (χ0v) is 7.56. The predicted molar refractivity (Wildman–Crippen MR) is 44.8 cm³/mol. The van der Waals surface area contributed by atoms with Crippen LogP contribution in [0.15, 0.2) is 11.6 Å². The van der Waals surface area contributed by atoms with Crippen LogP contribution in [0, 0.1) is 0 Å². The van der Waals surface area contributed by atoms with E-state index in [1.165, 1.54) is 11.3 Å². The van der Waals surface area contributed by atoms with E-state index in [0.29, 0.717) is 6.42 Å². The Hall–Kier alpha value is -0.900. The molecule has 1 aromatic rings. The Labute approximate surface area is 74.4 Å². The van der Waals surface area contributed by atoms with E-state index < -0.39 is 5.60 Å². The average Bonchev–Trinajstić information content (AvgIpc) is 2.59. The molecule has 12 heavy (non-hydrogen) atoms. The van der Waals surface area contributed by atoms with E-state index in [-0.39, 0.29) is 5.97 Å². The van der Waals surface area contributed by atoms with E-state index >= 15 is 0 Å². The highest BCUT2D eigenvalue weighted by atomic mass is 32.1. The summed E-state index contributed by atoms with van der Waals surface area (Å²) < 4.78 is 5.20. The zero-order chi connectivity index (χ0) is 8.60. The minimum Gasteiger partial charge on any atom is -0.452 e. The largest absolute Gasteiger partial charge is 0.452 e. The lowest BCUT2D eigenvalue weighted by atomic mass is 10.0. The molecule has 0 saturated carbocycles. The van der Waals surface area contributed by atoms with Gasteiger partial charge in [0.15, 0.2) is 5.60 Å². The number of ether oxygens (including phenoxy) is 1. The second kappa shape index (κ2) is 2.55. The quantitative estimate of drug-likeness (QED) is 0.622. The highest BCUT2D eigenvalue weighted by molar-refractivity contribution is 7.09. The van der Waals surface area contributed by atoms with Gasteiger partial charge in [-0.3, -0.25) is 4.79 Å². The van der Waals surface area contributed by atoms with Gasteiger partial charge in [0.25, 0.3) is 0 Å². The molecule has 0 N–H and O–H groups in total. The minimum atomic E-state index is -0.453. The van der Waals surface area contributed by atoms with Gasteiger partial charge in [0.2, 0.25) is 0 Å². The molecule has 1 aromatic heterocycles. The Morgan fingerprint density at radius 3 is 3.08 bits per heavy atom. The summed E-state index contributed by atoms with van der Waals surface area (Å²) in [6.45, 7) is 1.91. The van der Waals surface area contributed by atoms with E-state index in [9.17, 15) is 4.79 Å². The van der Waals surface area contributed by atoms with E-state index in [0.717, 1.165) is 11.4 Å². The number of carbonyl (C=O) groups excluding carboxylic acids is 1. The highest BCUT2D eigenvalue weighted by Crippen LogP contribution is 2.36. The molecule has 0 radical (unpaired) electrons. The Bertz CT molecular complexity index is 296. The van der Waals surface area contributed by atoms with Crippen molar-refractivity contribution >= 4 is 17.3 Å². The lowest BCUT2D eigenvalue weighted by molar-refractivity contribution is -0.147. The van der Waals surface area contributed by atoms with Crippen LogP contribution < -0.4 is 0 Å². The van der Waals surface area contributed by atoms with Crippen LogP contribution in [0.3, 0.4) is 0 Å². The van der Waals surface area contributed by atoms with Crippen LogP contribution in [0.2, 0.25) is 0 Å². The first-order valence-corrected chi connectivity index (χ1v) is 4.70. The molecule has 1 fully saturated rings. The summed E-state index contributed by atoms with van der Waals surface area (Å²) in [6.07, 6.45) is 2.99. The maximum absolute atomic E-state index is 10.9.